The SMILES string of the molecule is CN(CCC(Oc1ccccc1C(=O)O)c1cccs1)C(=O)OCC[Si](C)(C)C. The van der Waals surface area contributed by atoms with Gasteiger partial charge >= 0.3 is 12.1 Å². The zero-order chi connectivity index (χ0) is 21.4. The second-order valence-electron chi connectivity index (χ2n) is 8.06. The zero-order valence-electron chi connectivity index (χ0n) is 17.4. The number of hydrogen-bond donors (Lipinski definition) is 1. The van der Waals surface area contributed by atoms with Crippen LogP contribution in [-0.2, 0) is 4.74 Å². The van der Waals surface area contributed by atoms with Crippen molar-refractivity contribution in [3.63, 3.8) is 0 Å². The van der Waals surface area contributed by atoms with E-state index in [9.17, 15) is 14.7 Å². The number of carboxylic acids is 1. The molecule has 0 aliphatic carbocycles. The average Bonchev–Trinajstić information content (AvgIpc) is 3.18. The first-order chi connectivity index (χ1) is 13.7. The standard InChI is InChI=1S/C21H29NO5SSi/c1-22(21(25)26-13-15-29(2,3)4)12-11-18(19-10-7-14-28-19)27-17-9-6-5-8-16(17)20(23)24/h5-10,14,18H,11-13,15H2,1-4H3,(H,23,24). The van der Waals surface area contributed by atoms with Gasteiger partial charge in [0.25, 0.3) is 0 Å². The normalized spacial score (nSPS) is 12.3. The highest BCUT2D eigenvalue weighted by molar-refractivity contribution is 7.10. The van der Waals surface area contributed by atoms with Crippen molar-refractivity contribution in [3.05, 3.63) is 52.2 Å². The number of para-hydroxylation sites is 1. The van der Waals surface area contributed by atoms with Crippen molar-refractivity contribution in [2.45, 2.75) is 38.2 Å². The minimum absolute atomic E-state index is 0.119. The number of carbonyl (C=O) groups is 2. The molecule has 0 aliphatic rings. The molecule has 0 saturated heterocycles. The van der Waals surface area contributed by atoms with Crippen LogP contribution in [0.3, 0.4) is 0 Å². The van der Waals surface area contributed by atoms with Crippen LogP contribution in [0.5, 0.6) is 5.75 Å². The molecule has 8 heteroatoms. The Labute approximate surface area is 177 Å². The van der Waals surface area contributed by atoms with Gasteiger partial charge in [-0.1, -0.05) is 37.8 Å². The van der Waals surface area contributed by atoms with E-state index < -0.39 is 14.0 Å². The molecule has 1 aromatic carbocycles. The van der Waals surface area contributed by atoms with Crippen LogP contribution in [0.4, 0.5) is 4.79 Å². The fourth-order valence-corrected chi connectivity index (χ4v) is 4.09. The summed E-state index contributed by atoms with van der Waals surface area (Å²) >= 11 is 1.54. The molecule has 2 rings (SSSR count). The lowest BCUT2D eigenvalue weighted by Crippen LogP contribution is -2.31. The van der Waals surface area contributed by atoms with Crippen LogP contribution < -0.4 is 4.74 Å². The Morgan fingerprint density at radius 1 is 1.17 bits per heavy atom. The molecule has 0 saturated carbocycles. The van der Waals surface area contributed by atoms with Gasteiger partial charge in [-0.2, -0.15) is 0 Å². The molecule has 1 amide bonds. The van der Waals surface area contributed by atoms with Crippen molar-refractivity contribution < 1.29 is 24.2 Å². The number of hydrogen-bond acceptors (Lipinski definition) is 5. The van der Waals surface area contributed by atoms with Gasteiger partial charge in [-0.05, 0) is 29.6 Å². The van der Waals surface area contributed by atoms with Crippen molar-refractivity contribution >= 4 is 31.5 Å². The van der Waals surface area contributed by atoms with Crippen molar-refractivity contribution in [3.8, 4) is 5.75 Å². The Kier molecular flexibility index (Phi) is 8.28. The maximum absolute atomic E-state index is 12.2. The van der Waals surface area contributed by atoms with Crippen LogP contribution in [0.25, 0.3) is 0 Å². The Morgan fingerprint density at radius 3 is 2.52 bits per heavy atom. The number of carboxylic acid groups (broad SMARTS) is 1. The molecule has 1 aromatic heterocycles. The number of thiophene rings is 1. The lowest BCUT2D eigenvalue weighted by atomic mass is 10.1. The van der Waals surface area contributed by atoms with E-state index >= 15 is 0 Å². The van der Waals surface area contributed by atoms with E-state index in [4.69, 9.17) is 9.47 Å². The van der Waals surface area contributed by atoms with Crippen LogP contribution in [0.15, 0.2) is 41.8 Å². The van der Waals surface area contributed by atoms with Gasteiger partial charge in [-0.15, -0.1) is 11.3 Å². The first-order valence-corrected chi connectivity index (χ1v) is 14.2. The maximum Gasteiger partial charge on any atom is 0.409 e. The van der Waals surface area contributed by atoms with Gasteiger partial charge < -0.3 is 19.5 Å². The van der Waals surface area contributed by atoms with Crippen LogP contribution in [0.1, 0.15) is 27.8 Å². The van der Waals surface area contributed by atoms with E-state index in [1.165, 1.54) is 22.3 Å². The molecule has 0 aliphatic heterocycles. The van der Waals surface area contributed by atoms with Crippen LogP contribution in [0.2, 0.25) is 25.7 Å². The molecule has 158 valence electrons. The fraction of sp³-hybridized carbons (Fsp3) is 0.429. The minimum Gasteiger partial charge on any atom is -0.484 e. The predicted octanol–water partition coefficient (Wildman–Crippen LogP) is 5.36. The lowest BCUT2D eigenvalue weighted by Gasteiger charge is -2.23. The highest BCUT2D eigenvalue weighted by Crippen LogP contribution is 2.30. The molecule has 1 N–H and O–H groups in total. The Balaban J connectivity index is 2.00. The minimum atomic E-state index is -1.25. The molecule has 0 fully saturated rings. The monoisotopic (exact) mass is 435 g/mol. The molecule has 1 atom stereocenters. The van der Waals surface area contributed by atoms with Gasteiger partial charge in [-0.25, -0.2) is 9.59 Å². The zero-order valence-corrected chi connectivity index (χ0v) is 19.2. The van der Waals surface area contributed by atoms with Crippen LogP contribution in [-0.4, -0.2) is 50.3 Å². The molecule has 0 radical (unpaired) electrons. The molecule has 6 nitrogen and oxygen atoms in total. The molecule has 1 unspecified atom stereocenters. The summed E-state index contributed by atoms with van der Waals surface area (Å²) in [4.78, 5) is 26.2. The Hall–Kier alpha value is -2.32. The number of benzene rings is 1. The Bertz CT molecular complexity index is 804. The summed E-state index contributed by atoms with van der Waals surface area (Å²) < 4.78 is 11.4. The van der Waals surface area contributed by atoms with Gasteiger partial charge in [0.2, 0.25) is 0 Å². The lowest BCUT2D eigenvalue weighted by molar-refractivity contribution is 0.0688. The van der Waals surface area contributed by atoms with E-state index in [1.807, 2.05) is 17.5 Å². The summed E-state index contributed by atoms with van der Waals surface area (Å²) in [7, 11) is 0.450. The molecule has 0 spiro atoms. The van der Waals surface area contributed by atoms with E-state index in [1.54, 1.807) is 25.2 Å². The van der Waals surface area contributed by atoms with E-state index in [0.717, 1.165) is 10.9 Å². The summed E-state index contributed by atoms with van der Waals surface area (Å²) in [6.07, 6.45) is -0.180. The summed E-state index contributed by atoms with van der Waals surface area (Å²) in [5.74, 6) is -0.715. The third-order valence-electron chi connectivity index (χ3n) is 4.36. The summed E-state index contributed by atoms with van der Waals surface area (Å²) in [5.41, 5.74) is 0.119. The average molecular weight is 436 g/mol. The fourth-order valence-electron chi connectivity index (χ4n) is 2.59. The molecule has 1 heterocycles. The van der Waals surface area contributed by atoms with Crippen LogP contribution >= 0.6 is 11.3 Å². The van der Waals surface area contributed by atoms with Crippen molar-refractivity contribution in [2.24, 2.45) is 0 Å². The molecule has 2 aromatic rings. The van der Waals surface area contributed by atoms with E-state index in [-0.39, 0.29) is 17.8 Å². The summed E-state index contributed by atoms with van der Waals surface area (Å²) in [5, 5.41) is 11.3. The molecular weight excluding hydrogens is 406 g/mol. The number of ether oxygens (including phenoxy) is 2. The second kappa shape index (κ2) is 10.5. The Morgan fingerprint density at radius 2 is 1.90 bits per heavy atom. The van der Waals surface area contributed by atoms with Gasteiger partial charge in [-0.3, -0.25) is 0 Å². The summed E-state index contributed by atoms with van der Waals surface area (Å²) in [6.45, 7) is 7.59. The molecular formula is C21H29NO5SSi. The predicted molar refractivity (Wildman–Crippen MR) is 118 cm³/mol. The second-order valence-corrected chi connectivity index (χ2v) is 14.7. The van der Waals surface area contributed by atoms with Gasteiger partial charge in [0.1, 0.15) is 17.4 Å². The van der Waals surface area contributed by atoms with Crippen molar-refractivity contribution in [2.75, 3.05) is 20.2 Å². The van der Waals surface area contributed by atoms with Crippen molar-refractivity contribution in [1.82, 2.24) is 4.90 Å². The van der Waals surface area contributed by atoms with Gasteiger partial charge in [0, 0.05) is 33.0 Å². The van der Waals surface area contributed by atoms with Gasteiger partial charge in [0.05, 0.1) is 6.61 Å². The number of nitrogens with zero attached hydrogens (tertiary/aromatic N) is 1. The smallest absolute Gasteiger partial charge is 0.409 e. The largest absolute Gasteiger partial charge is 0.484 e. The number of carbonyl (C=O) groups excluding carboxylic acids is 1. The highest BCUT2D eigenvalue weighted by atomic mass is 32.1. The topological polar surface area (TPSA) is 76.1 Å². The third kappa shape index (κ3) is 7.55. The van der Waals surface area contributed by atoms with E-state index in [0.29, 0.717) is 25.3 Å². The number of rotatable bonds is 10. The van der Waals surface area contributed by atoms with Gasteiger partial charge in [0.15, 0.2) is 0 Å². The first kappa shape index (κ1) is 23.0. The highest BCUT2D eigenvalue weighted by Gasteiger charge is 2.21. The van der Waals surface area contributed by atoms with Crippen LogP contribution in [0, 0.1) is 0 Å². The first-order valence-electron chi connectivity index (χ1n) is 9.57. The summed E-state index contributed by atoms with van der Waals surface area (Å²) in [6, 6.07) is 11.4. The van der Waals surface area contributed by atoms with Crippen molar-refractivity contribution in [1.29, 1.82) is 0 Å². The quantitative estimate of drug-likeness (QED) is 0.508. The molecule has 0 bridgehead atoms. The number of amides is 1. The molecule has 29 heavy (non-hydrogen) atoms. The third-order valence-corrected chi connectivity index (χ3v) is 7.03. The number of aromatic carboxylic acids is 1. The maximum atomic E-state index is 12.2. The van der Waals surface area contributed by atoms with E-state index in [2.05, 4.69) is 19.6 Å².